The van der Waals surface area contributed by atoms with Crippen LogP contribution in [0.3, 0.4) is 0 Å². The van der Waals surface area contributed by atoms with Crippen LogP contribution in [0.15, 0.2) is 0 Å². The van der Waals surface area contributed by atoms with Gasteiger partial charge in [0.2, 0.25) is 16.5 Å². The SMILES string of the molecule is CC(C)(C)OC(=O)NCCSSCCNc1nc(Cl)nc(Cl)n1. The fraction of sp³-hybridized carbons (Fsp3) is 0.667. The Bertz CT molecular complexity index is 496. The van der Waals surface area contributed by atoms with Crippen molar-refractivity contribution in [1.29, 1.82) is 0 Å². The smallest absolute Gasteiger partial charge is 0.407 e. The molecule has 1 heterocycles. The molecule has 0 aliphatic heterocycles. The lowest BCUT2D eigenvalue weighted by Crippen LogP contribution is -2.33. The maximum atomic E-state index is 11.4. The van der Waals surface area contributed by atoms with Gasteiger partial charge in [0.25, 0.3) is 0 Å². The van der Waals surface area contributed by atoms with Gasteiger partial charge in [0, 0.05) is 24.6 Å². The van der Waals surface area contributed by atoms with Crippen LogP contribution >= 0.6 is 44.8 Å². The Morgan fingerprint density at radius 2 is 1.65 bits per heavy atom. The first-order valence-electron chi connectivity index (χ1n) is 6.78. The van der Waals surface area contributed by atoms with Crippen molar-refractivity contribution in [3.05, 3.63) is 10.6 Å². The van der Waals surface area contributed by atoms with Crippen molar-refractivity contribution in [2.75, 3.05) is 29.9 Å². The average molecular weight is 400 g/mol. The minimum Gasteiger partial charge on any atom is -0.444 e. The maximum absolute atomic E-state index is 11.4. The molecule has 1 aromatic heterocycles. The van der Waals surface area contributed by atoms with Crippen LogP contribution in [0.25, 0.3) is 0 Å². The number of carbonyl (C=O) groups is 1. The first-order chi connectivity index (χ1) is 10.8. The van der Waals surface area contributed by atoms with Gasteiger partial charge in [-0.1, -0.05) is 21.6 Å². The molecule has 0 aromatic carbocycles. The molecule has 130 valence electrons. The molecule has 0 spiro atoms. The second-order valence-electron chi connectivity index (χ2n) is 5.20. The molecule has 1 aromatic rings. The van der Waals surface area contributed by atoms with Gasteiger partial charge in [0.15, 0.2) is 0 Å². The van der Waals surface area contributed by atoms with Crippen LogP contribution in [0.5, 0.6) is 0 Å². The van der Waals surface area contributed by atoms with Gasteiger partial charge in [-0.15, -0.1) is 0 Å². The first kappa shape index (κ1) is 20.4. The number of anilines is 1. The summed E-state index contributed by atoms with van der Waals surface area (Å²) in [6, 6.07) is 0. The van der Waals surface area contributed by atoms with Crippen LogP contribution in [0.2, 0.25) is 10.6 Å². The highest BCUT2D eigenvalue weighted by molar-refractivity contribution is 8.76. The maximum Gasteiger partial charge on any atom is 0.407 e. The van der Waals surface area contributed by atoms with Crippen LogP contribution in [-0.2, 0) is 4.74 Å². The summed E-state index contributed by atoms with van der Waals surface area (Å²) in [5, 5.41) is 5.82. The van der Waals surface area contributed by atoms with Gasteiger partial charge in [-0.3, -0.25) is 0 Å². The molecule has 1 amide bonds. The van der Waals surface area contributed by atoms with E-state index in [0.29, 0.717) is 19.0 Å². The van der Waals surface area contributed by atoms with E-state index < -0.39 is 11.7 Å². The zero-order valence-corrected chi connectivity index (χ0v) is 16.2. The van der Waals surface area contributed by atoms with Crippen LogP contribution in [0.1, 0.15) is 20.8 Å². The molecule has 0 bridgehead atoms. The van der Waals surface area contributed by atoms with Crippen molar-refractivity contribution in [3.8, 4) is 0 Å². The summed E-state index contributed by atoms with van der Waals surface area (Å²) in [5.74, 6) is 1.97. The first-order valence-corrected chi connectivity index (χ1v) is 10.0. The molecule has 2 N–H and O–H groups in total. The molecular weight excluding hydrogens is 381 g/mol. The number of rotatable bonds is 8. The number of nitrogens with zero attached hydrogens (tertiary/aromatic N) is 3. The van der Waals surface area contributed by atoms with Crippen LogP contribution in [0.4, 0.5) is 10.7 Å². The fourth-order valence-electron chi connectivity index (χ4n) is 1.24. The topological polar surface area (TPSA) is 89.0 Å². The molecule has 0 aliphatic carbocycles. The normalized spacial score (nSPS) is 11.2. The summed E-state index contributed by atoms with van der Waals surface area (Å²) in [7, 11) is 3.33. The van der Waals surface area contributed by atoms with Gasteiger partial charge in [0.1, 0.15) is 5.60 Å². The van der Waals surface area contributed by atoms with E-state index in [0.717, 1.165) is 11.5 Å². The number of ether oxygens (including phenoxy) is 1. The standard InChI is InChI=1S/C12H19Cl2N5O2S2/c1-12(2,3)21-11(20)16-5-7-23-22-6-4-15-10-18-8(13)17-9(14)19-10/h4-7H2,1-3H3,(H,16,20)(H,15,17,18,19). The van der Waals surface area contributed by atoms with E-state index in [9.17, 15) is 4.79 Å². The van der Waals surface area contributed by atoms with Gasteiger partial charge in [-0.2, -0.15) is 15.0 Å². The molecular formula is C12H19Cl2N5O2S2. The Morgan fingerprint density at radius 3 is 2.22 bits per heavy atom. The number of carbonyl (C=O) groups excluding carboxylic acids is 1. The van der Waals surface area contributed by atoms with Gasteiger partial charge in [-0.25, -0.2) is 4.79 Å². The largest absolute Gasteiger partial charge is 0.444 e. The zero-order valence-electron chi connectivity index (χ0n) is 13.1. The summed E-state index contributed by atoms with van der Waals surface area (Å²) >= 11 is 11.3. The van der Waals surface area contributed by atoms with Crippen molar-refractivity contribution >= 4 is 56.8 Å². The van der Waals surface area contributed by atoms with E-state index >= 15 is 0 Å². The van der Waals surface area contributed by atoms with E-state index in [-0.39, 0.29) is 10.6 Å². The molecule has 0 fully saturated rings. The van der Waals surface area contributed by atoms with Gasteiger partial charge in [-0.05, 0) is 44.0 Å². The Labute approximate surface area is 153 Å². The molecule has 0 unspecified atom stereocenters. The minimum absolute atomic E-state index is 0.0581. The number of aromatic nitrogens is 3. The van der Waals surface area contributed by atoms with Crippen LogP contribution in [-0.4, -0.2) is 51.2 Å². The molecule has 23 heavy (non-hydrogen) atoms. The molecule has 7 nitrogen and oxygen atoms in total. The van der Waals surface area contributed by atoms with Crippen molar-refractivity contribution in [1.82, 2.24) is 20.3 Å². The Balaban J connectivity index is 2.02. The molecule has 11 heteroatoms. The molecule has 0 aliphatic rings. The average Bonchev–Trinajstić information content (AvgIpc) is 2.38. The summed E-state index contributed by atoms with van der Waals surface area (Å²) in [6.45, 7) is 6.71. The lowest BCUT2D eigenvalue weighted by atomic mass is 10.2. The quantitative estimate of drug-likeness (QED) is 0.506. The molecule has 0 saturated carbocycles. The van der Waals surface area contributed by atoms with E-state index in [1.165, 1.54) is 0 Å². The number of halogens is 2. The zero-order chi connectivity index (χ0) is 17.3. The molecule has 0 radical (unpaired) electrons. The minimum atomic E-state index is -0.474. The summed E-state index contributed by atoms with van der Waals surface area (Å²) < 4.78 is 5.13. The third-order valence-corrected chi connectivity index (χ3v) is 4.73. The highest BCUT2D eigenvalue weighted by Crippen LogP contribution is 2.20. The number of hydrogen-bond acceptors (Lipinski definition) is 8. The number of hydrogen-bond donors (Lipinski definition) is 2. The van der Waals surface area contributed by atoms with E-state index in [4.69, 9.17) is 27.9 Å². The van der Waals surface area contributed by atoms with Crippen molar-refractivity contribution < 1.29 is 9.53 Å². The lowest BCUT2D eigenvalue weighted by molar-refractivity contribution is 0.0531. The molecule has 1 rings (SSSR count). The van der Waals surface area contributed by atoms with Gasteiger partial charge < -0.3 is 15.4 Å². The summed E-state index contributed by atoms with van der Waals surface area (Å²) in [4.78, 5) is 22.9. The Kier molecular flexibility index (Phi) is 9.11. The highest BCUT2D eigenvalue weighted by atomic mass is 35.5. The lowest BCUT2D eigenvalue weighted by Gasteiger charge is -2.19. The van der Waals surface area contributed by atoms with Crippen LogP contribution < -0.4 is 10.6 Å². The van der Waals surface area contributed by atoms with Gasteiger partial charge in [0.05, 0.1) is 0 Å². The number of alkyl carbamates (subject to hydrolysis) is 1. The molecule has 0 atom stereocenters. The van der Waals surface area contributed by atoms with Gasteiger partial charge >= 0.3 is 6.09 Å². The predicted octanol–water partition coefficient (Wildman–Crippen LogP) is 3.50. The second-order valence-corrected chi connectivity index (χ2v) is 8.57. The third kappa shape index (κ3) is 10.7. The monoisotopic (exact) mass is 399 g/mol. The predicted molar refractivity (Wildman–Crippen MR) is 97.5 cm³/mol. The Hall–Kier alpha value is -0.640. The van der Waals surface area contributed by atoms with Crippen molar-refractivity contribution in [3.63, 3.8) is 0 Å². The number of amides is 1. The van der Waals surface area contributed by atoms with E-state index in [1.54, 1.807) is 21.6 Å². The molecule has 0 saturated heterocycles. The highest BCUT2D eigenvalue weighted by Gasteiger charge is 2.15. The fourth-order valence-corrected chi connectivity index (χ4v) is 3.41. The van der Waals surface area contributed by atoms with Crippen LogP contribution in [0, 0.1) is 0 Å². The summed E-state index contributed by atoms with van der Waals surface area (Å²) in [5.41, 5.74) is -0.474. The third-order valence-electron chi connectivity index (χ3n) is 1.99. The number of nitrogens with one attached hydrogen (secondary N) is 2. The van der Waals surface area contributed by atoms with Crippen molar-refractivity contribution in [2.24, 2.45) is 0 Å². The van der Waals surface area contributed by atoms with Crippen molar-refractivity contribution in [2.45, 2.75) is 26.4 Å². The van der Waals surface area contributed by atoms with E-state index in [1.807, 2.05) is 20.8 Å². The second kappa shape index (κ2) is 10.3. The summed E-state index contributed by atoms with van der Waals surface area (Å²) in [6.07, 6.45) is -0.395. The van der Waals surface area contributed by atoms with E-state index in [2.05, 4.69) is 25.6 Å². The Morgan fingerprint density at radius 1 is 1.09 bits per heavy atom.